The Labute approximate surface area is 240 Å². The molecule has 1 aliphatic heterocycles. The zero-order chi connectivity index (χ0) is 30.4. The standard InChI is InChI=1S/C24H23ClF3N9O2.CH2O2/c1-12(22(38)35-14-4-5-29-9-14)33-23(39)15-3-2-13(8-17(15)25)34-20-21-31-11-18(37(21)7-6-30-20)16-10-32-36-19(16)24(26,27)28;2-1-3/h2-3,6-8,10-12,14,29H,4-5,9H2,1H3,(H,30,34)(H,32,36)(H,33,39)(H,35,38);1H,(H,2,3)/t12-,14+;/m1./s1. The highest BCUT2D eigenvalue weighted by molar-refractivity contribution is 6.34. The second-order valence-corrected chi connectivity index (χ2v) is 9.48. The highest BCUT2D eigenvalue weighted by atomic mass is 35.5. The first kappa shape index (κ1) is 30.3. The minimum atomic E-state index is -4.65. The van der Waals surface area contributed by atoms with Crippen molar-refractivity contribution in [1.82, 2.24) is 40.5 Å². The van der Waals surface area contributed by atoms with Crippen molar-refractivity contribution in [2.45, 2.75) is 31.6 Å². The van der Waals surface area contributed by atoms with Crippen LogP contribution >= 0.6 is 11.6 Å². The third-order valence-corrected chi connectivity index (χ3v) is 6.55. The molecule has 5 rings (SSSR count). The van der Waals surface area contributed by atoms with Gasteiger partial charge in [-0.3, -0.25) is 23.9 Å². The van der Waals surface area contributed by atoms with Gasteiger partial charge in [-0.2, -0.15) is 18.3 Å². The molecule has 4 heterocycles. The number of hydrogen-bond donors (Lipinski definition) is 6. The molecule has 3 aromatic heterocycles. The number of fused-ring (bicyclic) bond motifs is 1. The van der Waals surface area contributed by atoms with Crippen LogP contribution in [0, 0.1) is 0 Å². The fourth-order valence-electron chi connectivity index (χ4n) is 4.27. The molecule has 0 bridgehead atoms. The molecule has 42 heavy (non-hydrogen) atoms. The maximum Gasteiger partial charge on any atom is 0.435 e. The van der Waals surface area contributed by atoms with Gasteiger partial charge in [-0.1, -0.05) is 11.6 Å². The SMILES string of the molecule is C[C@@H](NC(=O)c1ccc(Nc2nccn3c(-c4c[nH]nc4C(F)(F)F)cnc23)cc1Cl)C(=O)N[C@H]1CCNC1.O=CO. The molecule has 13 nitrogen and oxygen atoms in total. The molecule has 4 aromatic rings. The Kier molecular flexibility index (Phi) is 9.27. The summed E-state index contributed by atoms with van der Waals surface area (Å²) >= 11 is 6.37. The van der Waals surface area contributed by atoms with Crippen LogP contribution in [0.25, 0.3) is 16.9 Å². The summed E-state index contributed by atoms with van der Waals surface area (Å²) in [4.78, 5) is 42.0. The smallest absolute Gasteiger partial charge is 0.435 e. The number of hydrogen-bond acceptors (Lipinski definition) is 8. The summed E-state index contributed by atoms with van der Waals surface area (Å²) < 4.78 is 41.5. The van der Waals surface area contributed by atoms with Crippen LogP contribution in [0.4, 0.5) is 24.7 Å². The molecular weight excluding hydrogens is 583 g/mol. The number of H-pyrrole nitrogens is 1. The Morgan fingerprint density at radius 2 is 2.05 bits per heavy atom. The predicted octanol–water partition coefficient (Wildman–Crippen LogP) is 2.83. The van der Waals surface area contributed by atoms with E-state index in [1.807, 2.05) is 0 Å². The Morgan fingerprint density at radius 3 is 2.71 bits per heavy atom. The van der Waals surface area contributed by atoms with Crippen molar-refractivity contribution in [2.24, 2.45) is 0 Å². The second kappa shape index (κ2) is 12.9. The van der Waals surface area contributed by atoms with Crippen LogP contribution in [-0.4, -0.2) is 73.1 Å². The van der Waals surface area contributed by atoms with Crippen LogP contribution in [-0.2, 0) is 15.8 Å². The summed E-state index contributed by atoms with van der Waals surface area (Å²) in [6.07, 6.45) is 1.52. The van der Waals surface area contributed by atoms with E-state index in [0.717, 1.165) is 19.2 Å². The Bertz CT molecular complexity index is 1580. The number of aromatic nitrogens is 5. The number of alkyl halides is 3. The largest absolute Gasteiger partial charge is 0.483 e. The molecule has 222 valence electrons. The summed E-state index contributed by atoms with van der Waals surface area (Å²) in [6.45, 7) is 2.86. The fourth-order valence-corrected chi connectivity index (χ4v) is 4.53. The molecule has 0 radical (unpaired) electrons. The molecule has 6 N–H and O–H groups in total. The van der Waals surface area contributed by atoms with Gasteiger partial charge in [0.15, 0.2) is 17.2 Å². The van der Waals surface area contributed by atoms with Gasteiger partial charge in [0.25, 0.3) is 12.4 Å². The first-order valence-corrected chi connectivity index (χ1v) is 12.8. The van der Waals surface area contributed by atoms with Crippen molar-refractivity contribution in [3.8, 4) is 11.3 Å². The normalized spacial score (nSPS) is 15.4. The predicted molar refractivity (Wildman–Crippen MR) is 145 cm³/mol. The maximum atomic E-state index is 13.4. The second-order valence-electron chi connectivity index (χ2n) is 9.08. The minimum absolute atomic E-state index is 0.0291. The van der Waals surface area contributed by atoms with Crippen LogP contribution < -0.4 is 21.3 Å². The van der Waals surface area contributed by atoms with Crippen molar-refractivity contribution < 1.29 is 32.7 Å². The summed E-state index contributed by atoms with van der Waals surface area (Å²) in [5.41, 5.74) is -0.160. The van der Waals surface area contributed by atoms with Crippen molar-refractivity contribution in [2.75, 3.05) is 18.4 Å². The zero-order valence-electron chi connectivity index (χ0n) is 21.9. The quantitative estimate of drug-likeness (QED) is 0.172. The lowest BCUT2D eigenvalue weighted by Crippen LogP contribution is -2.48. The van der Waals surface area contributed by atoms with Crippen LogP contribution in [0.5, 0.6) is 0 Å². The van der Waals surface area contributed by atoms with Crippen LogP contribution in [0.2, 0.25) is 5.02 Å². The molecule has 1 saturated heterocycles. The van der Waals surface area contributed by atoms with Crippen molar-refractivity contribution >= 4 is 47.0 Å². The summed E-state index contributed by atoms with van der Waals surface area (Å²) in [5.74, 6) is -0.555. The molecule has 17 heteroatoms. The first-order chi connectivity index (χ1) is 20.0. The van der Waals surface area contributed by atoms with Gasteiger partial charge in [0.2, 0.25) is 5.91 Å². The number of amides is 2. The lowest BCUT2D eigenvalue weighted by molar-refractivity contribution is -0.140. The molecule has 1 fully saturated rings. The number of carbonyl (C=O) groups is 3. The molecule has 0 unspecified atom stereocenters. The van der Waals surface area contributed by atoms with Crippen molar-refractivity contribution in [1.29, 1.82) is 0 Å². The lowest BCUT2D eigenvalue weighted by atomic mass is 10.1. The molecule has 1 aliphatic rings. The number of carbonyl (C=O) groups excluding carboxylic acids is 2. The molecule has 2 amide bonds. The number of benzene rings is 1. The van der Waals surface area contributed by atoms with E-state index in [1.54, 1.807) is 13.0 Å². The van der Waals surface area contributed by atoms with E-state index in [0.29, 0.717) is 12.2 Å². The van der Waals surface area contributed by atoms with Crippen LogP contribution in [0.15, 0.2) is 43.0 Å². The Morgan fingerprint density at radius 1 is 1.29 bits per heavy atom. The van der Waals surface area contributed by atoms with E-state index in [-0.39, 0.29) is 51.7 Å². The third kappa shape index (κ3) is 6.77. The van der Waals surface area contributed by atoms with E-state index in [2.05, 4.69) is 41.4 Å². The summed E-state index contributed by atoms with van der Waals surface area (Å²) in [7, 11) is 0. The van der Waals surface area contributed by atoms with Gasteiger partial charge in [-0.15, -0.1) is 0 Å². The van der Waals surface area contributed by atoms with Gasteiger partial charge in [0.05, 0.1) is 28.0 Å². The van der Waals surface area contributed by atoms with E-state index in [9.17, 15) is 22.8 Å². The summed E-state index contributed by atoms with van der Waals surface area (Å²) in [6, 6.07) is 3.84. The highest BCUT2D eigenvalue weighted by Gasteiger charge is 2.37. The van der Waals surface area contributed by atoms with E-state index in [4.69, 9.17) is 21.5 Å². The number of nitrogens with zero attached hydrogens (tertiary/aromatic N) is 4. The van der Waals surface area contributed by atoms with Crippen LogP contribution in [0.3, 0.4) is 0 Å². The first-order valence-electron chi connectivity index (χ1n) is 12.4. The van der Waals surface area contributed by atoms with Gasteiger partial charge >= 0.3 is 6.18 Å². The highest BCUT2D eigenvalue weighted by Crippen LogP contribution is 2.36. The third-order valence-electron chi connectivity index (χ3n) is 6.24. The van der Waals surface area contributed by atoms with Gasteiger partial charge in [0.1, 0.15) is 6.04 Å². The van der Waals surface area contributed by atoms with E-state index < -0.39 is 23.8 Å². The Balaban J connectivity index is 0.00000129. The Hall–Kier alpha value is -4.70. The van der Waals surface area contributed by atoms with Crippen molar-refractivity contribution in [3.05, 3.63) is 59.3 Å². The van der Waals surface area contributed by atoms with Crippen molar-refractivity contribution in [3.63, 3.8) is 0 Å². The molecule has 2 atom stereocenters. The average Bonchev–Trinajstić information content (AvgIpc) is 3.70. The average molecular weight is 608 g/mol. The molecule has 1 aromatic carbocycles. The van der Waals surface area contributed by atoms with Gasteiger partial charge < -0.3 is 26.4 Å². The molecule has 0 aliphatic carbocycles. The minimum Gasteiger partial charge on any atom is -0.483 e. The number of anilines is 2. The number of nitrogens with one attached hydrogen (secondary N) is 5. The van der Waals surface area contributed by atoms with Crippen LogP contribution in [0.1, 0.15) is 29.4 Å². The van der Waals surface area contributed by atoms with Gasteiger partial charge in [0, 0.05) is 36.9 Å². The number of imidazole rings is 1. The van der Waals surface area contributed by atoms with E-state index >= 15 is 0 Å². The lowest BCUT2D eigenvalue weighted by Gasteiger charge is -2.18. The zero-order valence-corrected chi connectivity index (χ0v) is 22.6. The van der Waals surface area contributed by atoms with E-state index in [1.165, 1.54) is 35.1 Å². The topological polar surface area (TPSA) is 178 Å². The molecule has 0 saturated carbocycles. The van der Waals surface area contributed by atoms with Gasteiger partial charge in [-0.25, -0.2) is 9.97 Å². The number of carboxylic acid groups (broad SMARTS) is 1. The molecular formula is C25H25ClF3N9O4. The molecule has 0 spiro atoms. The number of halogens is 4. The van der Waals surface area contributed by atoms with Gasteiger partial charge in [-0.05, 0) is 38.1 Å². The number of rotatable bonds is 7. The monoisotopic (exact) mass is 607 g/mol. The maximum absolute atomic E-state index is 13.4. The summed E-state index contributed by atoms with van der Waals surface area (Å²) in [5, 5.41) is 24.3. The fraction of sp³-hybridized carbons (Fsp3) is 0.280. The number of aromatic amines is 1.